The zero-order valence-corrected chi connectivity index (χ0v) is 11.3. The minimum Gasteiger partial charge on any atom is -0.352 e. The lowest BCUT2D eigenvalue weighted by atomic mass is 10.3. The van der Waals surface area contributed by atoms with Crippen LogP contribution in [0.25, 0.3) is 0 Å². The molecule has 1 atom stereocenters. The summed E-state index contributed by atoms with van der Waals surface area (Å²) in [4.78, 5) is 24.6. The van der Waals surface area contributed by atoms with E-state index in [9.17, 15) is 9.59 Å². The summed E-state index contributed by atoms with van der Waals surface area (Å²) in [5.41, 5.74) is 0. The molecule has 0 bridgehead atoms. The maximum atomic E-state index is 11.4. The van der Waals surface area contributed by atoms with Crippen molar-refractivity contribution in [2.75, 3.05) is 26.7 Å². The lowest BCUT2D eigenvalue weighted by Crippen LogP contribution is -2.42. The van der Waals surface area contributed by atoms with Crippen LogP contribution in [0, 0.1) is 0 Å². The zero-order valence-electron chi connectivity index (χ0n) is 10.5. The Morgan fingerprint density at radius 2 is 2.24 bits per heavy atom. The number of carbonyl (C=O) groups is 2. The van der Waals surface area contributed by atoms with Gasteiger partial charge in [-0.25, -0.2) is 0 Å². The molecule has 0 aliphatic carbocycles. The number of amides is 2. The zero-order chi connectivity index (χ0) is 12.0. The van der Waals surface area contributed by atoms with E-state index in [0.717, 1.165) is 13.0 Å². The summed E-state index contributed by atoms with van der Waals surface area (Å²) >= 11 is 0. The number of halogens is 1. The van der Waals surface area contributed by atoms with Crippen LogP contribution < -0.4 is 10.6 Å². The van der Waals surface area contributed by atoms with Gasteiger partial charge in [0, 0.05) is 38.5 Å². The van der Waals surface area contributed by atoms with Crippen molar-refractivity contribution in [2.24, 2.45) is 0 Å². The van der Waals surface area contributed by atoms with Gasteiger partial charge in [-0.1, -0.05) is 0 Å². The van der Waals surface area contributed by atoms with Gasteiger partial charge in [0.15, 0.2) is 0 Å². The quantitative estimate of drug-likeness (QED) is 0.717. The van der Waals surface area contributed by atoms with E-state index >= 15 is 0 Å². The molecule has 2 amide bonds. The van der Waals surface area contributed by atoms with E-state index < -0.39 is 0 Å². The van der Waals surface area contributed by atoms with E-state index in [2.05, 4.69) is 10.6 Å². The predicted octanol–water partition coefficient (Wildman–Crippen LogP) is 0.145. The highest BCUT2D eigenvalue weighted by Gasteiger charge is 2.22. The molecule has 1 aliphatic heterocycles. The summed E-state index contributed by atoms with van der Waals surface area (Å²) in [5, 5.41) is 5.82. The van der Waals surface area contributed by atoms with Crippen LogP contribution in [0.2, 0.25) is 0 Å². The second kappa shape index (κ2) is 8.31. The largest absolute Gasteiger partial charge is 0.352 e. The Morgan fingerprint density at radius 3 is 2.76 bits per heavy atom. The molecule has 1 unspecified atom stereocenters. The van der Waals surface area contributed by atoms with Crippen LogP contribution in [0.3, 0.4) is 0 Å². The number of carbonyl (C=O) groups excluding carboxylic acids is 2. The molecule has 0 spiro atoms. The molecule has 5 nitrogen and oxygen atoms in total. The molecule has 0 aromatic heterocycles. The summed E-state index contributed by atoms with van der Waals surface area (Å²) in [7, 11) is 1.82. The molecule has 2 N–H and O–H groups in total. The third-order valence-corrected chi connectivity index (χ3v) is 2.68. The van der Waals surface area contributed by atoms with E-state index in [0.29, 0.717) is 25.9 Å². The van der Waals surface area contributed by atoms with Crippen LogP contribution in [0.4, 0.5) is 0 Å². The van der Waals surface area contributed by atoms with Crippen LogP contribution >= 0.6 is 12.4 Å². The first-order valence-corrected chi connectivity index (χ1v) is 5.85. The van der Waals surface area contributed by atoms with E-state index in [1.165, 1.54) is 0 Å². The maximum absolute atomic E-state index is 11.4. The van der Waals surface area contributed by atoms with Crippen molar-refractivity contribution in [1.82, 2.24) is 15.5 Å². The molecule has 0 saturated carbocycles. The Hall–Kier alpha value is -0.810. The molecule has 1 aliphatic rings. The molecule has 100 valence electrons. The smallest absolute Gasteiger partial charge is 0.222 e. The van der Waals surface area contributed by atoms with Crippen molar-refractivity contribution < 1.29 is 9.59 Å². The Labute approximate surface area is 109 Å². The van der Waals surface area contributed by atoms with Gasteiger partial charge in [0.05, 0.1) is 0 Å². The van der Waals surface area contributed by atoms with E-state index in [1.807, 2.05) is 18.9 Å². The number of nitrogens with one attached hydrogen (secondary N) is 2. The van der Waals surface area contributed by atoms with Gasteiger partial charge >= 0.3 is 0 Å². The summed E-state index contributed by atoms with van der Waals surface area (Å²) in [5.74, 6) is 0.241. The Balaban J connectivity index is 0.00000256. The van der Waals surface area contributed by atoms with Crippen LogP contribution in [0.15, 0.2) is 0 Å². The van der Waals surface area contributed by atoms with Gasteiger partial charge in [-0.3, -0.25) is 9.59 Å². The topological polar surface area (TPSA) is 61.4 Å². The summed E-state index contributed by atoms with van der Waals surface area (Å²) in [6.45, 7) is 4.07. The van der Waals surface area contributed by atoms with Crippen molar-refractivity contribution in [2.45, 2.75) is 32.2 Å². The molecule has 0 radical (unpaired) electrons. The molecule has 1 rings (SSSR count). The summed E-state index contributed by atoms with van der Waals surface area (Å²) in [6, 6.07) is 0.0337. The molecule has 6 heteroatoms. The fourth-order valence-electron chi connectivity index (χ4n) is 1.86. The molecule has 1 heterocycles. The van der Waals surface area contributed by atoms with Crippen LogP contribution in [0.1, 0.15) is 26.2 Å². The molecular weight excluding hydrogens is 242 g/mol. The van der Waals surface area contributed by atoms with E-state index in [1.54, 1.807) is 0 Å². The van der Waals surface area contributed by atoms with E-state index in [4.69, 9.17) is 0 Å². The molecular formula is C11H22ClN3O2. The Kier molecular flexibility index (Phi) is 7.91. The van der Waals surface area contributed by atoms with Crippen molar-refractivity contribution >= 4 is 24.2 Å². The number of nitrogens with zero attached hydrogens (tertiary/aromatic N) is 1. The minimum atomic E-state index is 0. The average molecular weight is 264 g/mol. The average Bonchev–Trinajstić information content (AvgIpc) is 2.61. The van der Waals surface area contributed by atoms with Gasteiger partial charge in [0.25, 0.3) is 0 Å². The van der Waals surface area contributed by atoms with Crippen LogP contribution in [0.5, 0.6) is 0 Å². The predicted molar refractivity (Wildman–Crippen MR) is 69.2 cm³/mol. The fraction of sp³-hybridized carbons (Fsp3) is 0.818. The van der Waals surface area contributed by atoms with Crippen molar-refractivity contribution in [3.8, 4) is 0 Å². The molecule has 1 saturated heterocycles. The fourth-order valence-corrected chi connectivity index (χ4v) is 1.86. The third-order valence-electron chi connectivity index (χ3n) is 2.68. The highest BCUT2D eigenvalue weighted by molar-refractivity contribution is 5.85. The van der Waals surface area contributed by atoms with Crippen LogP contribution in [-0.4, -0.2) is 49.4 Å². The highest BCUT2D eigenvalue weighted by atomic mass is 35.5. The maximum Gasteiger partial charge on any atom is 0.222 e. The second-order valence-corrected chi connectivity index (χ2v) is 4.27. The normalized spacial score (nSPS) is 16.6. The standard InChI is InChI=1S/C11H21N3O2.ClH/c1-9(13-10(15)5-6-12-2)8-14-7-3-4-11(14)16;/h9,12H,3-8H2,1-2H3,(H,13,15);1H. The monoisotopic (exact) mass is 263 g/mol. The van der Waals surface area contributed by atoms with Gasteiger partial charge in [-0.2, -0.15) is 0 Å². The lowest BCUT2D eigenvalue weighted by Gasteiger charge is -2.21. The number of hydrogen-bond donors (Lipinski definition) is 2. The first-order chi connectivity index (χ1) is 7.63. The van der Waals surface area contributed by atoms with Gasteiger partial charge in [-0.05, 0) is 20.4 Å². The summed E-state index contributed by atoms with van der Waals surface area (Å²) in [6.07, 6.45) is 2.08. The molecule has 0 aromatic rings. The SMILES string of the molecule is CNCCC(=O)NC(C)CN1CCCC1=O.Cl. The molecule has 0 aromatic carbocycles. The Morgan fingerprint density at radius 1 is 1.53 bits per heavy atom. The van der Waals surface area contributed by atoms with Crippen molar-refractivity contribution in [3.63, 3.8) is 0 Å². The number of rotatable bonds is 6. The third kappa shape index (κ3) is 5.89. The molecule has 17 heavy (non-hydrogen) atoms. The van der Waals surface area contributed by atoms with Crippen molar-refractivity contribution in [1.29, 1.82) is 0 Å². The Bertz CT molecular complexity index is 261. The van der Waals surface area contributed by atoms with Gasteiger partial charge in [0.1, 0.15) is 0 Å². The second-order valence-electron chi connectivity index (χ2n) is 4.27. The van der Waals surface area contributed by atoms with Gasteiger partial charge in [-0.15, -0.1) is 12.4 Å². The number of hydrogen-bond acceptors (Lipinski definition) is 3. The highest BCUT2D eigenvalue weighted by Crippen LogP contribution is 2.09. The van der Waals surface area contributed by atoms with Crippen LogP contribution in [-0.2, 0) is 9.59 Å². The van der Waals surface area contributed by atoms with E-state index in [-0.39, 0.29) is 30.3 Å². The minimum absolute atomic E-state index is 0. The lowest BCUT2D eigenvalue weighted by molar-refractivity contribution is -0.129. The van der Waals surface area contributed by atoms with Gasteiger partial charge in [0.2, 0.25) is 11.8 Å². The van der Waals surface area contributed by atoms with Gasteiger partial charge < -0.3 is 15.5 Å². The summed E-state index contributed by atoms with van der Waals surface area (Å²) < 4.78 is 0. The van der Waals surface area contributed by atoms with Crippen molar-refractivity contribution in [3.05, 3.63) is 0 Å². The number of likely N-dealkylation sites (tertiary alicyclic amines) is 1. The first-order valence-electron chi connectivity index (χ1n) is 5.85. The molecule has 1 fully saturated rings. The first kappa shape index (κ1) is 16.2.